The Labute approximate surface area is 74.9 Å². The molecule has 0 atom stereocenters. The maximum Gasteiger partial charge on any atom is 0.0794 e. The lowest BCUT2D eigenvalue weighted by Gasteiger charge is -1.94. The Balaban J connectivity index is 2.15. The summed E-state index contributed by atoms with van der Waals surface area (Å²) in [5, 5.41) is 2.05. The predicted molar refractivity (Wildman–Crippen MR) is 49.2 cm³/mol. The van der Waals surface area contributed by atoms with Crippen LogP contribution in [0.5, 0.6) is 0 Å². The van der Waals surface area contributed by atoms with Gasteiger partial charge in [-0.05, 0) is 12.1 Å². The predicted octanol–water partition coefficient (Wildman–Crippen LogP) is 2.13. The van der Waals surface area contributed by atoms with Crippen molar-refractivity contribution in [2.75, 3.05) is 0 Å². The van der Waals surface area contributed by atoms with Gasteiger partial charge in [-0.3, -0.25) is 4.98 Å². The zero-order chi connectivity index (χ0) is 8.23. The van der Waals surface area contributed by atoms with Gasteiger partial charge in [0.1, 0.15) is 0 Å². The quantitative estimate of drug-likeness (QED) is 0.700. The summed E-state index contributed by atoms with van der Waals surface area (Å²) in [6.45, 7) is 0. The molecule has 3 heteroatoms. The summed E-state index contributed by atoms with van der Waals surface area (Å²) in [4.78, 5) is 8.41. The van der Waals surface area contributed by atoms with Crippen molar-refractivity contribution in [1.29, 1.82) is 0 Å². The van der Waals surface area contributed by atoms with Gasteiger partial charge in [0.2, 0.25) is 0 Å². The summed E-state index contributed by atoms with van der Waals surface area (Å²) in [5.41, 5.74) is 4.01. The first-order valence-corrected chi connectivity index (χ1v) is 4.66. The van der Waals surface area contributed by atoms with E-state index in [9.17, 15) is 0 Å². The second kappa shape index (κ2) is 3.45. The van der Waals surface area contributed by atoms with E-state index in [0.29, 0.717) is 0 Å². The molecule has 12 heavy (non-hydrogen) atoms. The van der Waals surface area contributed by atoms with Crippen molar-refractivity contribution in [3.63, 3.8) is 0 Å². The maximum atomic E-state index is 4.22. The number of aromatic nitrogens is 2. The van der Waals surface area contributed by atoms with Crippen LogP contribution >= 0.6 is 11.3 Å². The van der Waals surface area contributed by atoms with Gasteiger partial charge in [-0.2, -0.15) is 0 Å². The topological polar surface area (TPSA) is 25.8 Å². The molecule has 0 aromatic carbocycles. The molecule has 0 amide bonds. The second-order valence-electron chi connectivity index (χ2n) is 2.48. The van der Waals surface area contributed by atoms with Crippen LogP contribution in [-0.2, 0) is 6.42 Å². The van der Waals surface area contributed by atoms with Gasteiger partial charge in [-0.15, -0.1) is 11.3 Å². The normalized spacial score (nSPS) is 10.0. The fraction of sp³-hybridized carbons (Fsp3) is 0.111. The molecule has 0 bridgehead atoms. The van der Waals surface area contributed by atoms with Crippen molar-refractivity contribution in [1.82, 2.24) is 9.97 Å². The van der Waals surface area contributed by atoms with Crippen LogP contribution in [0.3, 0.4) is 0 Å². The molecule has 0 spiro atoms. The van der Waals surface area contributed by atoms with Crippen LogP contribution < -0.4 is 0 Å². The Morgan fingerprint density at radius 1 is 1.17 bits per heavy atom. The molecule has 2 aromatic heterocycles. The minimum Gasteiger partial charge on any atom is -0.261 e. The van der Waals surface area contributed by atoms with Crippen molar-refractivity contribution in [3.8, 4) is 0 Å². The van der Waals surface area contributed by atoms with Gasteiger partial charge in [-0.1, -0.05) is 6.07 Å². The molecule has 0 unspecified atom stereocenters. The van der Waals surface area contributed by atoms with Crippen molar-refractivity contribution >= 4 is 11.3 Å². The molecule has 0 aliphatic heterocycles. The van der Waals surface area contributed by atoms with Gasteiger partial charge < -0.3 is 0 Å². The highest BCUT2D eigenvalue weighted by molar-refractivity contribution is 7.07. The first kappa shape index (κ1) is 7.43. The highest BCUT2D eigenvalue weighted by Gasteiger charge is 1.96. The van der Waals surface area contributed by atoms with Crippen LogP contribution in [0.15, 0.2) is 35.3 Å². The van der Waals surface area contributed by atoms with Gasteiger partial charge in [-0.25, -0.2) is 4.98 Å². The van der Waals surface area contributed by atoms with Crippen LogP contribution in [0.4, 0.5) is 0 Å². The Morgan fingerprint density at radius 3 is 2.83 bits per heavy atom. The van der Waals surface area contributed by atoms with Crippen molar-refractivity contribution < 1.29 is 0 Å². The first-order chi connectivity index (χ1) is 5.95. The molecule has 2 nitrogen and oxygen atoms in total. The summed E-state index contributed by atoms with van der Waals surface area (Å²) in [6.07, 6.45) is 2.64. The molecule has 0 saturated heterocycles. The Bertz CT molecular complexity index is 329. The zero-order valence-corrected chi connectivity index (χ0v) is 7.29. The minimum absolute atomic E-state index is 0.838. The van der Waals surface area contributed by atoms with E-state index in [-0.39, 0.29) is 0 Å². The molecule has 0 N–H and O–H groups in total. The maximum absolute atomic E-state index is 4.22. The molecule has 2 heterocycles. The van der Waals surface area contributed by atoms with E-state index in [1.165, 1.54) is 0 Å². The summed E-state index contributed by atoms with van der Waals surface area (Å²) < 4.78 is 0. The lowest BCUT2D eigenvalue weighted by atomic mass is 10.2. The lowest BCUT2D eigenvalue weighted by Crippen LogP contribution is -1.90. The van der Waals surface area contributed by atoms with E-state index in [4.69, 9.17) is 0 Å². The van der Waals surface area contributed by atoms with E-state index < -0.39 is 0 Å². The average Bonchev–Trinajstić information content (AvgIpc) is 2.59. The third-order valence-corrected chi connectivity index (χ3v) is 2.21. The molecule has 0 aliphatic rings. The van der Waals surface area contributed by atoms with Gasteiger partial charge in [0, 0.05) is 23.7 Å². The highest BCUT2D eigenvalue weighted by atomic mass is 32.1. The summed E-state index contributed by atoms with van der Waals surface area (Å²) in [5.74, 6) is 0. The van der Waals surface area contributed by atoms with Crippen LogP contribution in [0, 0.1) is 0 Å². The minimum atomic E-state index is 0.838. The van der Waals surface area contributed by atoms with E-state index in [0.717, 1.165) is 17.8 Å². The third kappa shape index (κ3) is 1.68. The number of rotatable bonds is 2. The van der Waals surface area contributed by atoms with E-state index in [2.05, 4.69) is 15.3 Å². The van der Waals surface area contributed by atoms with Crippen LogP contribution in [0.2, 0.25) is 0 Å². The lowest BCUT2D eigenvalue weighted by molar-refractivity contribution is 1.03. The number of pyridine rings is 1. The van der Waals surface area contributed by atoms with Crippen molar-refractivity contribution in [2.24, 2.45) is 0 Å². The summed E-state index contributed by atoms with van der Waals surface area (Å²) >= 11 is 1.62. The molecular weight excluding hydrogens is 168 g/mol. The Hall–Kier alpha value is -1.22. The van der Waals surface area contributed by atoms with E-state index in [1.54, 1.807) is 11.3 Å². The van der Waals surface area contributed by atoms with Gasteiger partial charge >= 0.3 is 0 Å². The van der Waals surface area contributed by atoms with Crippen LogP contribution in [0.25, 0.3) is 0 Å². The SMILES string of the molecule is c1ccc(Cc2cscn2)nc1. The van der Waals surface area contributed by atoms with Crippen molar-refractivity contribution in [2.45, 2.75) is 6.42 Å². The third-order valence-electron chi connectivity index (χ3n) is 1.57. The number of hydrogen-bond donors (Lipinski definition) is 0. The number of hydrogen-bond acceptors (Lipinski definition) is 3. The summed E-state index contributed by atoms with van der Waals surface area (Å²) in [7, 11) is 0. The summed E-state index contributed by atoms with van der Waals surface area (Å²) in [6, 6.07) is 5.93. The van der Waals surface area contributed by atoms with E-state index >= 15 is 0 Å². The van der Waals surface area contributed by atoms with Crippen LogP contribution in [-0.4, -0.2) is 9.97 Å². The van der Waals surface area contributed by atoms with Gasteiger partial charge in [0.25, 0.3) is 0 Å². The fourth-order valence-corrected chi connectivity index (χ4v) is 1.57. The molecular formula is C9H8N2S. The smallest absolute Gasteiger partial charge is 0.0794 e. The molecule has 0 saturated carbocycles. The molecule has 0 fully saturated rings. The standard InChI is InChI=1S/C9H8N2S/c1-2-4-10-8(3-1)5-9-6-12-7-11-9/h1-4,6-7H,5H2. The molecule has 0 aliphatic carbocycles. The number of nitrogens with zero attached hydrogens (tertiary/aromatic N) is 2. The van der Waals surface area contributed by atoms with E-state index in [1.807, 2.05) is 29.9 Å². The Morgan fingerprint density at radius 2 is 2.17 bits per heavy atom. The molecule has 2 aromatic rings. The molecule has 2 rings (SSSR count). The molecule has 60 valence electrons. The van der Waals surface area contributed by atoms with Crippen molar-refractivity contribution in [3.05, 3.63) is 46.7 Å². The second-order valence-corrected chi connectivity index (χ2v) is 3.20. The fourth-order valence-electron chi connectivity index (χ4n) is 1.01. The number of thiazole rings is 1. The largest absolute Gasteiger partial charge is 0.261 e. The first-order valence-electron chi connectivity index (χ1n) is 3.72. The Kier molecular flexibility index (Phi) is 2.14. The van der Waals surface area contributed by atoms with Crippen LogP contribution in [0.1, 0.15) is 11.4 Å². The molecule has 0 radical (unpaired) electrons. The van der Waals surface area contributed by atoms with Gasteiger partial charge in [0.15, 0.2) is 0 Å². The highest BCUT2D eigenvalue weighted by Crippen LogP contribution is 2.06. The zero-order valence-electron chi connectivity index (χ0n) is 6.47. The average molecular weight is 176 g/mol. The van der Waals surface area contributed by atoms with Gasteiger partial charge in [0.05, 0.1) is 11.2 Å². The monoisotopic (exact) mass is 176 g/mol.